The highest BCUT2D eigenvalue weighted by atomic mass is 16.4. The van der Waals surface area contributed by atoms with Gasteiger partial charge in [0.05, 0.1) is 5.69 Å². The summed E-state index contributed by atoms with van der Waals surface area (Å²) in [5.41, 5.74) is 11.3. The van der Waals surface area contributed by atoms with Gasteiger partial charge in [0.1, 0.15) is 6.04 Å². The minimum absolute atomic E-state index is 0.112. The van der Waals surface area contributed by atoms with E-state index in [1.54, 1.807) is 24.5 Å². The Morgan fingerprint density at radius 3 is 2.59 bits per heavy atom. The number of carbonyl (C=O) groups is 2. The molecule has 2 aromatic heterocycles. The fourth-order valence-electron chi connectivity index (χ4n) is 4.90. The minimum atomic E-state index is -1.06. The Kier molecular flexibility index (Phi) is 9.35. The summed E-state index contributed by atoms with van der Waals surface area (Å²) >= 11 is 0. The monoisotopic (exact) mass is 501 g/mol. The molecule has 0 bridgehead atoms. The van der Waals surface area contributed by atoms with E-state index in [-0.39, 0.29) is 18.4 Å². The summed E-state index contributed by atoms with van der Waals surface area (Å²) < 4.78 is 0. The van der Waals surface area contributed by atoms with E-state index < -0.39 is 17.9 Å². The average Bonchev–Trinajstić information content (AvgIpc) is 2.93. The first-order chi connectivity index (χ1) is 18.0. The Balaban J connectivity index is 1.25. The van der Waals surface area contributed by atoms with Crippen molar-refractivity contribution >= 4 is 11.9 Å². The molecular formula is C29H35N5O3. The van der Waals surface area contributed by atoms with E-state index in [4.69, 9.17) is 5.73 Å². The number of benzene rings is 1. The highest BCUT2D eigenvalue weighted by Crippen LogP contribution is 2.33. The van der Waals surface area contributed by atoms with Gasteiger partial charge in [0.25, 0.3) is 5.91 Å². The highest BCUT2D eigenvalue weighted by molar-refractivity contribution is 5.96. The van der Waals surface area contributed by atoms with Gasteiger partial charge in [0.15, 0.2) is 0 Å². The van der Waals surface area contributed by atoms with Crippen molar-refractivity contribution in [2.24, 2.45) is 5.73 Å². The van der Waals surface area contributed by atoms with Crippen molar-refractivity contribution in [3.63, 3.8) is 0 Å². The number of hydrogen-bond donors (Lipinski definition) is 4. The number of fused-ring (bicyclic) bond motifs is 1. The van der Waals surface area contributed by atoms with Crippen molar-refractivity contribution in [2.45, 2.75) is 63.1 Å². The van der Waals surface area contributed by atoms with Crippen LogP contribution >= 0.6 is 0 Å². The lowest BCUT2D eigenvalue weighted by Crippen LogP contribution is -2.42. The number of pyridine rings is 2. The molecule has 8 heteroatoms. The molecule has 37 heavy (non-hydrogen) atoms. The number of aliphatic carboxylic acids is 1. The number of nitrogens with zero attached hydrogens (tertiary/aromatic N) is 2. The van der Waals surface area contributed by atoms with Crippen molar-refractivity contribution in [1.29, 1.82) is 0 Å². The molecule has 0 aliphatic heterocycles. The van der Waals surface area contributed by atoms with Crippen molar-refractivity contribution in [3.05, 3.63) is 95.1 Å². The number of carboxylic acid groups (broad SMARTS) is 1. The summed E-state index contributed by atoms with van der Waals surface area (Å²) in [7, 11) is 0. The second-order valence-electron chi connectivity index (χ2n) is 9.60. The standard InChI is InChI=1S/C29H35N5O3/c30-25(24-8-3-5-21-6-4-17-33-27(21)24)13-14-26(29(36)37)34-28(35)22-11-9-20(10-12-22)15-18-31-19-23-7-1-2-16-32-23/h1-2,4,6-7,9-12,16-17,24-26,31H,3,5,8,13-15,18-19,30H2,(H,34,35)(H,36,37). The maximum absolute atomic E-state index is 12.8. The Hall–Kier alpha value is -3.62. The minimum Gasteiger partial charge on any atom is -0.480 e. The fraction of sp³-hybridized carbons (Fsp3) is 0.379. The van der Waals surface area contributed by atoms with Crippen LogP contribution in [0.4, 0.5) is 0 Å². The molecule has 0 spiro atoms. The number of nitrogens with one attached hydrogen (secondary N) is 2. The molecule has 5 N–H and O–H groups in total. The zero-order valence-electron chi connectivity index (χ0n) is 21.0. The largest absolute Gasteiger partial charge is 0.480 e. The number of nitrogens with two attached hydrogens (primary N) is 1. The molecule has 3 aromatic rings. The summed E-state index contributed by atoms with van der Waals surface area (Å²) in [6.07, 6.45) is 8.12. The molecule has 0 radical (unpaired) electrons. The second-order valence-corrected chi connectivity index (χ2v) is 9.60. The molecule has 3 atom stereocenters. The quantitative estimate of drug-likeness (QED) is 0.280. The van der Waals surface area contributed by atoms with Gasteiger partial charge in [-0.15, -0.1) is 0 Å². The maximum atomic E-state index is 12.8. The molecule has 1 amide bonds. The highest BCUT2D eigenvalue weighted by Gasteiger charge is 2.29. The average molecular weight is 502 g/mol. The van der Waals surface area contributed by atoms with Crippen LogP contribution in [0.5, 0.6) is 0 Å². The van der Waals surface area contributed by atoms with Gasteiger partial charge < -0.3 is 21.5 Å². The smallest absolute Gasteiger partial charge is 0.326 e. The molecule has 1 aliphatic rings. The van der Waals surface area contributed by atoms with Gasteiger partial charge in [-0.05, 0) is 86.5 Å². The molecule has 8 nitrogen and oxygen atoms in total. The number of aryl methyl sites for hydroxylation is 1. The van der Waals surface area contributed by atoms with E-state index in [1.807, 2.05) is 36.4 Å². The van der Waals surface area contributed by atoms with Crippen LogP contribution in [0, 0.1) is 0 Å². The van der Waals surface area contributed by atoms with Gasteiger partial charge >= 0.3 is 5.97 Å². The summed E-state index contributed by atoms with van der Waals surface area (Å²) in [6.45, 7) is 1.48. The van der Waals surface area contributed by atoms with Gasteiger partial charge in [0, 0.05) is 42.2 Å². The van der Waals surface area contributed by atoms with Crippen molar-refractivity contribution in [1.82, 2.24) is 20.6 Å². The maximum Gasteiger partial charge on any atom is 0.326 e. The lowest BCUT2D eigenvalue weighted by molar-refractivity contribution is -0.139. The third-order valence-electron chi connectivity index (χ3n) is 6.99. The van der Waals surface area contributed by atoms with Crippen LogP contribution in [0.15, 0.2) is 67.0 Å². The molecule has 1 aliphatic carbocycles. The van der Waals surface area contributed by atoms with E-state index in [1.165, 1.54) is 5.56 Å². The SMILES string of the molecule is NC(CCC(NC(=O)c1ccc(CCNCc2ccccn2)cc1)C(=O)O)C1CCCc2cccnc21. The summed E-state index contributed by atoms with van der Waals surface area (Å²) in [6, 6.07) is 15.9. The lowest BCUT2D eigenvalue weighted by Gasteiger charge is -2.29. The van der Waals surface area contributed by atoms with Crippen LogP contribution in [0.3, 0.4) is 0 Å². The molecule has 0 saturated heterocycles. The van der Waals surface area contributed by atoms with Crippen LogP contribution in [0.2, 0.25) is 0 Å². The molecule has 0 fully saturated rings. The van der Waals surface area contributed by atoms with Crippen molar-refractivity contribution in [3.8, 4) is 0 Å². The first-order valence-corrected chi connectivity index (χ1v) is 12.9. The van der Waals surface area contributed by atoms with Crippen molar-refractivity contribution < 1.29 is 14.7 Å². The summed E-state index contributed by atoms with van der Waals surface area (Å²) in [5.74, 6) is -1.34. The normalized spacial score (nSPS) is 16.4. The lowest BCUT2D eigenvalue weighted by atomic mass is 9.80. The number of carboxylic acids is 1. The van der Waals surface area contributed by atoms with Crippen molar-refractivity contribution in [2.75, 3.05) is 6.54 Å². The van der Waals surface area contributed by atoms with Crippen LogP contribution < -0.4 is 16.4 Å². The number of rotatable bonds is 12. The fourth-order valence-corrected chi connectivity index (χ4v) is 4.90. The Morgan fingerprint density at radius 1 is 1.03 bits per heavy atom. The van der Waals surface area contributed by atoms with Crippen LogP contribution in [-0.2, 0) is 24.2 Å². The molecular weight excluding hydrogens is 466 g/mol. The van der Waals surface area contributed by atoms with E-state index >= 15 is 0 Å². The predicted molar refractivity (Wildman–Crippen MR) is 142 cm³/mol. The summed E-state index contributed by atoms with van der Waals surface area (Å²) in [4.78, 5) is 33.5. The molecule has 4 rings (SSSR count). The van der Waals surface area contributed by atoms with E-state index in [2.05, 4.69) is 26.7 Å². The number of hydrogen-bond acceptors (Lipinski definition) is 6. The molecule has 1 aromatic carbocycles. The molecule has 3 unspecified atom stereocenters. The molecule has 194 valence electrons. The van der Waals surface area contributed by atoms with Gasteiger partial charge in [-0.1, -0.05) is 24.3 Å². The van der Waals surface area contributed by atoms with Gasteiger partial charge in [-0.3, -0.25) is 14.8 Å². The van der Waals surface area contributed by atoms with Gasteiger partial charge in [-0.2, -0.15) is 0 Å². The molecule has 2 heterocycles. The molecule has 0 saturated carbocycles. The first-order valence-electron chi connectivity index (χ1n) is 12.9. The number of aromatic nitrogens is 2. The Labute approximate surface area is 217 Å². The Morgan fingerprint density at radius 2 is 1.84 bits per heavy atom. The number of amides is 1. The van der Waals surface area contributed by atoms with Crippen LogP contribution in [0.1, 0.15) is 64.5 Å². The second kappa shape index (κ2) is 13.1. The first kappa shape index (κ1) is 26.4. The zero-order chi connectivity index (χ0) is 26.0. The zero-order valence-corrected chi connectivity index (χ0v) is 21.0. The summed E-state index contributed by atoms with van der Waals surface area (Å²) in [5, 5.41) is 15.7. The topological polar surface area (TPSA) is 130 Å². The predicted octanol–water partition coefficient (Wildman–Crippen LogP) is 3.22. The Bertz CT molecular complexity index is 1170. The van der Waals surface area contributed by atoms with E-state index in [9.17, 15) is 14.7 Å². The van der Waals surface area contributed by atoms with E-state index in [0.29, 0.717) is 18.5 Å². The van der Waals surface area contributed by atoms with Crippen LogP contribution in [0.25, 0.3) is 0 Å². The van der Waals surface area contributed by atoms with E-state index in [0.717, 1.165) is 49.2 Å². The van der Waals surface area contributed by atoms with Crippen LogP contribution in [-0.4, -0.2) is 45.6 Å². The number of carbonyl (C=O) groups excluding carboxylic acids is 1. The van der Waals surface area contributed by atoms with Gasteiger partial charge in [-0.25, -0.2) is 4.79 Å². The van der Waals surface area contributed by atoms with Gasteiger partial charge in [0.2, 0.25) is 0 Å². The third kappa shape index (κ3) is 7.44. The third-order valence-corrected chi connectivity index (χ3v) is 6.99.